The number of halogens is 5. The maximum absolute atomic E-state index is 13.2. The van der Waals surface area contributed by atoms with Crippen LogP contribution in [-0.4, -0.2) is 34.1 Å². The number of rotatable bonds is 6. The van der Waals surface area contributed by atoms with E-state index in [0.29, 0.717) is 6.07 Å². The Morgan fingerprint density at radius 1 is 1.18 bits per heavy atom. The lowest BCUT2D eigenvalue weighted by atomic mass is 10.2. The van der Waals surface area contributed by atoms with Crippen LogP contribution in [0.3, 0.4) is 0 Å². The number of carbonyl (C=O) groups is 1. The standard InChI is InChI=1S/C18H14Cl2F3N5O4S/c1-8(2)28-15(25-26-16(28)17(29)30)14-13(5-9(19)7-24-14)27-33(31,32)10-3-4-12(20)11(6-10)18(21,22)23/h3-8,27H,1-2H3,(H,29,30)/p-1. The summed E-state index contributed by atoms with van der Waals surface area (Å²) in [7, 11) is -4.60. The molecule has 9 nitrogen and oxygen atoms in total. The van der Waals surface area contributed by atoms with Crippen LogP contribution in [-0.2, 0) is 16.2 Å². The van der Waals surface area contributed by atoms with Gasteiger partial charge in [-0.25, -0.2) is 13.4 Å². The monoisotopic (exact) mass is 522 g/mol. The molecule has 0 spiro atoms. The first-order valence-electron chi connectivity index (χ1n) is 8.94. The molecule has 2 aromatic heterocycles. The summed E-state index contributed by atoms with van der Waals surface area (Å²) in [5, 5.41) is 18.0. The topological polar surface area (TPSA) is 130 Å². The molecule has 0 atom stereocenters. The summed E-state index contributed by atoms with van der Waals surface area (Å²) in [6, 6.07) is 2.71. The first kappa shape index (κ1) is 24.7. The van der Waals surface area contributed by atoms with Gasteiger partial charge in [0.1, 0.15) is 11.7 Å². The number of carboxylic acid groups (broad SMARTS) is 1. The second kappa shape index (κ2) is 8.80. The number of hydrogen-bond acceptors (Lipinski definition) is 7. The summed E-state index contributed by atoms with van der Waals surface area (Å²) in [6.45, 7) is 3.23. The minimum absolute atomic E-state index is 0.0146. The smallest absolute Gasteiger partial charge is 0.417 e. The molecule has 33 heavy (non-hydrogen) atoms. The summed E-state index contributed by atoms with van der Waals surface area (Å²) in [5.74, 6) is -2.29. The number of hydrogen-bond donors (Lipinski definition) is 1. The van der Waals surface area contributed by atoms with E-state index in [2.05, 4.69) is 19.9 Å². The Morgan fingerprint density at radius 2 is 1.85 bits per heavy atom. The van der Waals surface area contributed by atoms with Crippen molar-refractivity contribution in [1.29, 1.82) is 0 Å². The zero-order valence-corrected chi connectivity index (χ0v) is 19.0. The van der Waals surface area contributed by atoms with Crippen molar-refractivity contribution in [2.45, 2.75) is 31.0 Å². The Hall–Kier alpha value is -2.90. The molecule has 0 unspecified atom stereocenters. The minimum Gasteiger partial charge on any atom is -0.541 e. The van der Waals surface area contributed by atoms with E-state index in [4.69, 9.17) is 23.2 Å². The third-order valence-corrected chi connectivity index (χ3v) is 6.16. The van der Waals surface area contributed by atoms with Gasteiger partial charge >= 0.3 is 6.18 Å². The van der Waals surface area contributed by atoms with Gasteiger partial charge in [-0.2, -0.15) is 13.2 Å². The molecule has 0 saturated carbocycles. The lowest BCUT2D eigenvalue weighted by molar-refractivity contribution is -0.256. The summed E-state index contributed by atoms with van der Waals surface area (Å²) in [4.78, 5) is 14.7. The van der Waals surface area contributed by atoms with E-state index in [-0.39, 0.29) is 22.2 Å². The molecule has 2 heterocycles. The molecule has 0 radical (unpaired) electrons. The average Bonchev–Trinajstić information content (AvgIpc) is 3.12. The average molecular weight is 523 g/mol. The van der Waals surface area contributed by atoms with E-state index >= 15 is 0 Å². The molecule has 0 amide bonds. The summed E-state index contributed by atoms with van der Waals surface area (Å²) < 4.78 is 68.5. The highest BCUT2D eigenvalue weighted by Crippen LogP contribution is 2.37. The zero-order valence-electron chi connectivity index (χ0n) is 16.7. The summed E-state index contributed by atoms with van der Waals surface area (Å²) in [5.41, 5.74) is -1.78. The number of nitrogens with one attached hydrogen (secondary N) is 1. The van der Waals surface area contributed by atoms with Gasteiger partial charge in [0.25, 0.3) is 10.0 Å². The second-order valence-electron chi connectivity index (χ2n) is 6.89. The largest absolute Gasteiger partial charge is 0.541 e. The fourth-order valence-electron chi connectivity index (χ4n) is 2.87. The van der Waals surface area contributed by atoms with Crippen LogP contribution in [0.25, 0.3) is 11.5 Å². The Kier molecular flexibility index (Phi) is 6.60. The molecule has 3 rings (SSSR count). The molecule has 0 saturated heterocycles. The van der Waals surface area contributed by atoms with Crippen LogP contribution in [0.15, 0.2) is 35.4 Å². The number of anilines is 1. The second-order valence-corrected chi connectivity index (χ2v) is 9.42. The first-order valence-corrected chi connectivity index (χ1v) is 11.2. The zero-order chi connectivity index (χ0) is 24.7. The van der Waals surface area contributed by atoms with Gasteiger partial charge in [0, 0.05) is 12.2 Å². The van der Waals surface area contributed by atoms with E-state index in [0.717, 1.165) is 29.0 Å². The van der Waals surface area contributed by atoms with Crippen LogP contribution >= 0.6 is 23.2 Å². The van der Waals surface area contributed by atoms with Crippen molar-refractivity contribution in [3.63, 3.8) is 0 Å². The molecule has 0 aliphatic heterocycles. The fourth-order valence-corrected chi connectivity index (χ4v) is 4.33. The molecule has 15 heteroatoms. The highest BCUT2D eigenvalue weighted by Gasteiger charge is 2.35. The Balaban J connectivity index is 2.14. The maximum Gasteiger partial charge on any atom is 0.417 e. The quantitative estimate of drug-likeness (QED) is 0.524. The third kappa shape index (κ3) is 5.04. The molecule has 1 N–H and O–H groups in total. The van der Waals surface area contributed by atoms with Crippen LogP contribution in [0.4, 0.5) is 18.9 Å². The van der Waals surface area contributed by atoms with Gasteiger partial charge in [-0.15, -0.1) is 10.2 Å². The molecule has 3 aromatic rings. The van der Waals surface area contributed by atoms with Gasteiger partial charge in [0.05, 0.1) is 26.2 Å². The van der Waals surface area contributed by atoms with Crippen LogP contribution in [0.5, 0.6) is 0 Å². The van der Waals surface area contributed by atoms with Crippen molar-refractivity contribution in [3.8, 4) is 11.5 Å². The number of aromatic carboxylic acids is 1. The van der Waals surface area contributed by atoms with E-state index in [1.165, 1.54) is 0 Å². The van der Waals surface area contributed by atoms with Crippen molar-refractivity contribution in [3.05, 3.63) is 51.9 Å². The predicted molar refractivity (Wildman–Crippen MR) is 110 cm³/mol. The SMILES string of the molecule is CC(C)n1c(C(=O)[O-])nnc1-c1ncc(Cl)cc1NS(=O)(=O)c1ccc(Cl)c(C(F)(F)F)c1. The normalized spacial score (nSPS) is 12.2. The van der Waals surface area contributed by atoms with Crippen molar-refractivity contribution >= 4 is 44.9 Å². The number of alkyl halides is 3. The summed E-state index contributed by atoms with van der Waals surface area (Å²) in [6.07, 6.45) is -3.74. The molecule has 0 fully saturated rings. The van der Waals surface area contributed by atoms with Gasteiger partial charge in [-0.05, 0) is 38.1 Å². The molecule has 1 aromatic carbocycles. The van der Waals surface area contributed by atoms with E-state index < -0.39 is 49.5 Å². The predicted octanol–water partition coefficient (Wildman–Crippen LogP) is 3.41. The van der Waals surface area contributed by atoms with Gasteiger partial charge in [-0.1, -0.05) is 23.2 Å². The minimum atomic E-state index is -4.89. The highest BCUT2D eigenvalue weighted by atomic mass is 35.5. The Bertz CT molecular complexity index is 1340. The van der Waals surface area contributed by atoms with Crippen molar-refractivity contribution in [2.24, 2.45) is 0 Å². The highest BCUT2D eigenvalue weighted by molar-refractivity contribution is 7.92. The van der Waals surface area contributed by atoms with Crippen molar-refractivity contribution in [1.82, 2.24) is 19.7 Å². The lowest BCUT2D eigenvalue weighted by Crippen LogP contribution is -2.27. The molecule has 0 bridgehead atoms. The van der Waals surface area contributed by atoms with Crippen LogP contribution in [0.2, 0.25) is 10.0 Å². The number of sulfonamides is 1. The van der Waals surface area contributed by atoms with Gasteiger partial charge in [0.15, 0.2) is 11.6 Å². The van der Waals surface area contributed by atoms with E-state index in [9.17, 15) is 31.5 Å². The van der Waals surface area contributed by atoms with Gasteiger partial charge < -0.3 is 14.5 Å². The number of pyridine rings is 1. The number of nitrogens with zero attached hydrogens (tertiary/aromatic N) is 4. The lowest BCUT2D eigenvalue weighted by Gasteiger charge is -2.17. The Morgan fingerprint density at radius 3 is 2.42 bits per heavy atom. The number of benzene rings is 1. The maximum atomic E-state index is 13.2. The number of aromatic nitrogens is 4. The van der Waals surface area contributed by atoms with Crippen molar-refractivity contribution < 1.29 is 31.5 Å². The van der Waals surface area contributed by atoms with Crippen LogP contribution in [0.1, 0.15) is 36.1 Å². The fraction of sp³-hybridized carbons (Fsp3) is 0.222. The van der Waals surface area contributed by atoms with Crippen molar-refractivity contribution in [2.75, 3.05) is 4.72 Å². The van der Waals surface area contributed by atoms with Crippen LogP contribution < -0.4 is 9.83 Å². The van der Waals surface area contributed by atoms with Gasteiger partial charge in [0.2, 0.25) is 0 Å². The number of carbonyl (C=O) groups excluding carboxylic acids is 1. The third-order valence-electron chi connectivity index (χ3n) is 4.26. The molecular weight excluding hydrogens is 510 g/mol. The molecule has 0 aliphatic carbocycles. The van der Waals surface area contributed by atoms with E-state index in [1.54, 1.807) is 13.8 Å². The Labute approximate surface area is 195 Å². The van der Waals surface area contributed by atoms with E-state index in [1.807, 2.05) is 0 Å². The van der Waals surface area contributed by atoms with Crippen LogP contribution in [0, 0.1) is 0 Å². The summed E-state index contributed by atoms with van der Waals surface area (Å²) >= 11 is 11.5. The molecule has 0 aliphatic rings. The molecular formula is C18H13Cl2F3N5O4S-. The molecule has 176 valence electrons. The number of carboxylic acids is 1. The van der Waals surface area contributed by atoms with Gasteiger partial charge in [-0.3, -0.25) is 4.72 Å². The first-order chi connectivity index (χ1) is 15.2.